The molecule has 0 aliphatic carbocycles. The predicted molar refractivity (Wildman–Crippen MR) is 127 cm³/mol. The van der Waals surface area contributed by atoms with Gasteiger partial charge in [0.15, 0.2) is 6.61 Å². The zero-order valence-corrected chi connectivity index (χ0v) is 19.7. The third-order valence-electron chi connectivity index (χ3n) is 5.21. The van der Waals surface area contributed by atoms with E-state index in [0.717, 1.165) is 5.56 Å². The standard InChI is InChI=1S/C25H26N2O6S/c1-19(21-7-4-3-5-8-21)27(2)24(28)18-33-25(29)15-12-20-10-13-23(14-11-20)34(30,31)26-17-22-9-6-16-32-22/h3-16,19,26H,17-18H2,1-2H3/b15-12+. The van der Waals surface area contributed by atoms with E-state index in [9.17, 15) is 18.0 Å². The lowest BCUT2D eigenvalue weighted by atomic mass is 10.1. The Kier molecular flexibility index (Phi) is 8.39. The average Bonchev–Trinajstić information content (AvgIpc) is 3.38. The second-order valence-corrected chi connectivity index (χ2v) is 9.27. The SMILES string of the molecule is CC(c1ccccc1)N(C)C(=O)COC(=O)/C=C/c1ccc(S(=O)(=O)NCc2ccco2)cc1. The molecular weight excluding hydrogens is 456 g/mol. The number of likely N-dealkylation sites (N-methyl/N-ethyl adjacent to an activating group) is 1. The molecule has 0 saturated carbocycles. The summed E-state index contributed by atoms with van der Waals surface area (Å²) < 4.78 is 37.3. The van der Waals surface area contributed by atoms with Gasteiger partial charge in [-0.25, -0.2) is 17.9 Å². The molecule has 1 atom stereocenters. The minimum Gasteiger partial charge on any atom is -0.468 e. The summed E-state index contributed by atoms with van der Waals surface area (Å²) in [5, 5.41) is 0. The Morgan fingerprint density at radius 1 is 1.06 bits per heavy atom. The van der Waals surface area contributed by atoms with Crippen LogP contribution >= 0.6 is 0 Å². The van der Waals surface area contributed by atoms with E-state index in [4.69, 9.17) is 9.15 Å². The summed E-state index contributed by atoms with van der Waals surface area (Å²) in [6.45, 7) is 1.56. The van der Waals surface area contributed by atoms with Gasteiger partial charge in [-0.1, -0.05) is 42.5 Å². The second kappa shape index (κ2) is 11.4. The summed E-state index contributed by atoms with van der Waals surface area (Å²) in [5.41, 5.74) is 1.58. The highest BCUT2D eigenvalue weighted by molar-refractivity contribution is 7.89. The maximum atomic E-state index is 12.4. The molecule has 0 aliphatic rings. The van der Waals surface area contributed by atoms with Crippen molar-refractivity contribution < 1.29 is 27.2 Å². The lowest BCUT2D eigenvalue weighted by molar-refractivity contribution is -0.148. The number of ether oxygens (including phenoxy) is 1. The Labute approximate surface area is 198 Å². The second-order valence-electron chi connectivity index (χ2n) is 7.51. The molecule has 1 aromatic heterocycles. The van der Waals surface area contributed by atoms with Gasteiger partial charge < -0.3 is 14.1 Å². The van der Waals surface area contributed by atoms with Crippen LogP contribution in [0.2, 0.25) is 0 Å². The van der Waals surface area contributed by atoms with Gasteiger partial charge in [0, 0.05) is 13.1 Å². The molecule has 2 aromatic carbocycles. The number of nitrogens with one attached hydrogen (secondary N) is 1. The van der Waals surface area contributed by atoms with Crippen molar-refractivity contribution in [2.24, 2.45) is 0 Å². The van der Waals surface area contributed by atoms with Gasteiger partial charge in [0.2, 0.25) is 10.0 Å². The van der Waals surface area contributed by atoms with Crippen molar-refractivity contribution in [2.75, 3.05) is 13.7 Å². The third-order valence-corrected chi connectivity index (χ3v) is 6.63. The number of rotatable bonds is 10. The molecule has 1 amide bonds. The number of esters is 1. The van der Waals surface area contributed by atoms with Crippen LogP contribution in [0.15, 0.2) is 88.4 Å². The summed E-state index contributed by atoms with van der Waals surface area (Å²) in [7, 11) is -2.05. The molecule has 3 aromatic rings. The van der Waals surface area contributed by atoms with Gasteiger partial charge in [0.25, 0.3) is 5.91 Å². The van der Waals surface area contributed by atoms with Crippen molar-refractivity contribution in [3.63, 3.8) is 0 Å². The van der Waals surface area contributed by atoms with Crippen molar-refractivity contribution in [1.82, 2.24) is 9.62 Å². The molecule has 1 heterocycles. The molecule has 3 rings (SSSR count). The Morgan fingerprint density at radius 2 is 1.76 bits per heavy atom. The van der Waals surface area contributed by atoms with Gasteiger partial charge in [0.05, 0.1) is 23.7 Å². The van der Waals surface area contributed by atoms with Gasteiger partial charge in [0.1, 0.15) is 5.76 Å². The number of amides is 1. The van der Waals surface area contributed by atoms with Crippen LogP contribution in [0, 0.1) is 0 Å². The van der Waals surface area contributed by atoms with E-state index in [1.165, 1.54) is 35.4 Å². The first-order valence-corrected chi connectivity index (χ1v) is 12.0. The fraction of sp³-hybridized carbons (Fsp3) is 0.200. The van der Waals surface area contributed by atoms with E-state index >= 15 is 0 Å². The van der Waals surface area contributed by atoms with Gasteiger partial charge in [-0.3, -0.25) is 4.79 Å². The molecule has 0 saturated heterocycles. The molecule has 0 fully saturated rings. The maximum Gasteiger partial charge on any atom is 0.331 e. The van der Waals surface area contributed by atoms with Crippen molar-refractivity contribution in [3.8, 4) is 0 Å². The molecule has 8 nitrogen and oxygen atoms in total. The predicted octanol–water partition coefficient (Wildman–Crippen LogP) is 3.53. The number of nitrogens with zero attached hydrogens (tertiary/aromatic N) is 1. The van der Waals surface area contributed by atoms with Crippen LogP contribution in [0.3, 0.4) is 0 Å². The normalized spacial score (nSPS) is 12.4. The number of carbonyl (C=O) groups excluding carboxylic acids is 2. The number of benzene rings is 2. The molecule has 34 heavy (non-hydrogen) atoms. The van der Waals surface area contributed by atoms with E-state index in [-0.39, 0.29) is 30.0 Å². The number of hydrogen-bond acceptors (Lipinski definition) is 6. The van der Waals surface area contributed by atoms with Crippen LogP contribution < -0.4 is 4.72 Å². The number of hydrogen-bond donors (Lipinski definition) is 1. The van der Waals surface area contributed by atoms with E-state index in [1.807, 2.05) is 37.3 Å². The first-order chi connectivity index (χ1) is 16.3. The highest BCUT2D eigenvalue weighted by atomic mass is 32.2. The Hall–Kier alpha value is -3.69. The van der Waals surface area contributed by atoms with E-state index < -0.39 is 16.0 Å². The summed E-state index contributed by atoms with van der Waals surface area (Å²) in [4.78, 5) is 26.0. The van der Waals surface area contributed by atoms with Gasteiger partial charge in [-0.15, -0.1) is 0 Å². The van der Waals surface area contributed by atoms with Crippen LogP contribution in [0.5, 0.6) is 0 Å². The molecule has 1 N–H and O–H groups in total. The Bertz CT molecular complexity index is 1220. The smallest absolute Gasteiger partial charge is 0.331 e. The van der Waals surface area contributed by atoms with E-state index in [1.54, 1.807) is 31.3 Å². The van der Waals surface area contributed by atoms with Crippen molar-refractivity contribution in [1.29, 1.82) is 0 Å². The summed E-state index contributed by atoms with van der Waals surface area (Å²) in [6, 6.07) is 18.7. The molecule has 0 bridgehead atoms. The van der Waals surface area contributed by atoms with Crippen LogP contribution in [0.1, 0.15) is 29.9 Å². The largest absolute Gasteiger partial charge is 0.468 e. The van der Waals surface area contributed by atoms with E-state index in [2.05, 4.69) is 4.72 Å². The monoisotopic (exact) mass is 482 g/mol. The first kappa shape index (κ1) is 24.9. The zero-order chi connectivity index (χ0) is 24.6. The Morgan fingerprint density at radius 3 is 2.41 bits per heavy atom. The van der Waals surface area contributed by atoms with Crippen LogP contribution in [-0.4, -0.2) is 38.8 Å². The number of carbonyl (C=O) groups is 2. The number of furan rings is 1. The van der Waals surface area contributed by atoms with Gasteiger partial charge in [-0.05, 0) is 48.4 Å². The Balaban J connectivity index is 1.49. The molecule has 0 spiro atoms. The molecular formula is C25H26N2O6S. The highest BCUT2D eigenvalue weighted by Gasteiger charge is 2.18. The lowest BCUT2D eigenvalue weighted by Gasteiger charge is -2.25. The van der Waals surface area contributed by atoms with Crippen LogP contribution in [0.4, 0.5) is 0 Å². The van der Waals surface area contributed by atoms with E-state index in [0.29, 0.717) is 11.3 Å². The summed E-state index contributed by atoms with van der Waals surface area (Å²) in [6.07, 6.45) is 4.14. The molecule has 9 heteroatoms. The number of sulfonamides is 1. The summed E-state index contributed by atoms with van der Waals surface area (Å²) >= 11 is 0. The topological polar surface area (TPSA) is 106 Å². The van der Waals surface area contributed by atoms with Crippen molar-refractivity contribution in [3.05, 3.63) is 96.0 Å². The molecule has 1 unspecified atom stereocenters. The van der Waals surface area contributed by atoms with Crippen molar-refractivity contribution in [2.45, 2.75) is 24.4 Å². The molecule has 0 radical (unpaired) electrons. The fourth-order valence-electron chi connectivity index (χ4n) is 3.04. The molecule has 0 aliphatic heterocycles. The third kappa shape index (κ3) is 6.90. The zero-order valence-electron chi connectivity index (χ0n) is 18.9. The van der Waals surface area contributed by atoms with Crippen LogP contribution in [-0.2, 0) is 30.9 Å². The quantitative estimate of drug-likeness (QED) is 0.350. The van der Waals surface area contributed by atoms with Crippen LogP contribution in [0.25, 0.3) is 6.08 Å². The summed E-state index contributed by atoms with van der Waals surface area (Å²) in [5.74, 6) is -0.499. The maximum absolute atomic E-state index is 12.4. The minimum atomic E-state index is -3.71. The lowest BCUT2D eigenvalue weighted by Crippen LogP contribution is -2.33. The first-order valence-electron chi connectivity index (χ1n) is 10.5. The highest BCUT2D eigenvalue weighted by Crippen LogP contribution is 2.18. The van der Waals surface area contributed by atoms with Crippen molar-refractivity contribution >= 4 is 28.0 Å². The fourth-order valence-corrected chi connectivity index (χ4v) is 4.03. The average molecular weight is 483 g/mol. The minimum absolute atomic E-state index is 0.0425. The van der Waals surface area contributed by atoms with Gasteiger partial charge >= 0.3 is 5.97 Å². The van der Waals surface area contributed by atoms with Gasteiger partial charge in [-0.2, -0.15) is 0 Å². The molecule has 178 valence electrons.